The molecular weight excluding hydrogens is 320 g/mol. The fourth-order valence-electron chi connectivity index (χ4n) is 5.34. The number of benzene rings is 1. The molecule has 0 radical (unpaired) electrons. The number of rotatable bonds is 0. The molecule has 0 amide bonds. The van der Waals surface area contributed by atoms with Crippen LogP contribution >= 0.6 is 0 Å². The van der Waals surface area contributed by atoms with Crippen molar-refractivity contribution in [2.24, 2.45) is 0 Å². The molecule has 1 saturated heterocycles. The number of fused-ring (bicyclic) bond motifs is 6. The number of carbonyl (C=O) groups is 1. The van der Waals surface area contributed by atoms with Crippen LogP contribution in [-0.4, -0.2) is 33.3 Å². The Morgan fingerprint density at radius 1 is 1.16 bits per heavy atom. The second-order valence-corrected chi connectivity index (χ2v) is 8.51. The second-order valence-electron chi connectivity index (χ2n) is 8.51. The maximum Gasteiger partial charge on any atom is 0.190 e. The Labute approximate surface area is 146 Å². The van der Waals surface area contributed by atoms with Gasteiger partial charge in [0.05, 0.1) is 11.2 Å². The molecule has 0 unspecified atom stereocenters. The number of aromatic hydroxyl groups is 2. The van der Waals surface area contributed by atoms with E-state index in [2.05, 4.69) is 6.92 Å². The molecule has 4 atom stereocenters. The molecule has 1 aromatic rings. The monoisotopic (exact) mass is 342 g/mol. The van der Waals surface area contributed by atoms with Gasteiger partial charge < -0.3 is 19.7 Å². The van der Waals surface area contributed by atoms with Crippen molar-refractivity contribution in [3.05, 3.63) is 28.3 Å². The highest BCUT2D eigenvalue weighted by molar-refractivity contribution is 6.11. The Hall–Kier alpha value is -2.01. The second kappa shape index (κ2) is 4.04. The number of carbonyl (C=O) groups excluding carboxylic acids is 1. The maximum atomic E-state index is 12.9. The Morgan fingerprint density at radius 3 is 2.60 bits per heavy atom. The number of phenolic OH excluding ortho intramolecular Hbond substituents is 2. The van der Waals surface area contributed by atoms with E-state index in [-0.39, 0.29) is 34.6 Å². The van der Waals surface area contributed by atoms with Gasteiger partial charge in [-0.25, -0.2) is 0 Å². The Morgan fingerprint density at radius 2 is 1.88 bits per heavy atom. The lowest BCUT2D eigenvalue weighted by atomic mass is 9.57. The smallest absolute Gasteiger partial charge is 0.190 e. The molecule has 4 aliphatic rings. The fraction of sp³-hybridized carbons (Fsp3) is 0.550. The Bertz CT molecular complexity index is 900. The zero-order chi connectivity index (χ0) is 17.9. The van der Waals surface area contributed by atoms with Crippen LogP contribution < -0.4 is 4.74 Å². The third kappa shape index (κ3) is 1.52. The number of ketones is 1. The molecule has 2 fully saturated rings. The summed E-state index contributed by atoms with van der Waals surface area (Å²) in [5.74, 6) is 0.0261. The average molecular weight is 342 g/mol. The molecule has 25 heavy (non-hydrogen) atoms. The van der Waals surface area contributed by atoms with Gasteiger partial charge in [0.2, 0.25) is 0 Å². The van der Waals surface area contributed by atoms with Crippen LogP contribution in [0.1, 0.15) is 62.0 Å². The van der Waals surface area contributed by atoms with E-state index in [1.807, 2.05) is 20.8 Å². The molecule has 2 aliphatic carbocycles. The first kappa shape index (κ1) is 15.3. The largest absolute Gasteiger partial charge is 0.507 e. The Balaban J connectivity index is 1.81. The van der Waals surface area contributed by atoms with E-state index in [4.69, 9.17) is 9.47 Å². The number of phenols is 2. The predicted molar refractivity (Wildman–Crippen MR) is 90.5 cm³/mol. The van der Waals surface area contributed by atoms with Crippen molar-refractivity contribution in [3.8, 4) is 17.2 Å². The lowest BCUT2D eigenvalue weighted by molar-refractivity contribution is 0.103. The number of allylic oxidation sites excluding steroid dienone is 1. The van der Waals surface area contributed by atoms with E-state index >= 15 is 0 Å². The molecule has 5 nitrogen and oxygen atoms in total. The summed E-state index contributed by atoms with van der Waals surface area (Å²) in [6, 6.07) is 0. The van der Waals surface area contributed by atoms with E-state index in [9.17, 15) is 15.0 Å². The van der Waals surface area contributed by atoms with Gasteiger partial charge in [0.1, 0.15) is 17.5 Å². The van der Waals surface area contributed by atoms with E-state index in [1.165, 1.54) is 0 Å². The zero-order valence-corrected chi connectivity index (χ0v) is 14.9. The quantitative estimate of drug-likeness (QED) is 0.559. The number of hydrogen-bond acceptors (Lipinski definition) is 5. The van der Waals surface area contributed by atoms with Crippen molar-refractivity contribution in [1.82, 2.24) is 0 Å². The first-order valence-corrected chi connectivity index (χ1v) is 8.87. The molecule has 0 bridgehead atoms. The maximum absolute atomic E-state index is 12.9. The van der Waals surface area contributed by atoms with Gasteiger partial charge in [-0.3, -0.25) is 4.79 Å². The SMILES string of the molecule is C[C@H]1Cc2c(O)c3c(c(O)c2O1)[C@@]1(C)CC[C@]2(C)O[C@]2(C)C1=CC3=O. The molecule has 0 spiro atoms. The normalized spacial score (nSPS) is 40.4. The first-order chi connectivity index (χ1) is 11.6. The van der Waals surface area contributed by atoms with E-state index in [1.54, 1.807) is 6.08 Å². The topological polar surface area (TPSA) is 79.3 Å². The third-order valence-electron chi connectivity index (χ3n) is 6.99. The summed E-state index contributed by atoms with van der Waals surface area (Å²) >= 11 is 0. The van der Waals surface area contributed by atoms with E-state index < -0.39 is 11.0 Å². The van der Waals surface area contributed by atoms with Gasteiger partial charge in [0.15, 0.2) is 17.3 Å². The molecule has 1 saturated carbocycles. The van der Waals surface area contributed by atoms with Gasteiger partial charge in [0, 0.05) is 23.0 Å². The summed E-state index contributed by atoms with van der Waals surface area (Å²) in [6.45, 7) is 7.99. The van der Waals surface area contributed by atoms with Crippen LogP contribution in [0.2, 0.25) is 0 Å². The average Bonchev–Trinajstić information content (AvgIpc) is 2.90. The van der Waals surface area contributed by atoms with Crippen LogP contribution in [0.4, 0.5) is 0 Å². The highest BCUT2D eigenvalue weighted by Crippen LogP contribution is 2.68. The summed E-state index contributed by atoms with van der Waals surface area (Å²) in [6.07, 6.45) is 3.55. The minimum atomic E-state index is -0.556. The summed E-state index contributed by atoms with van der Waals surface area (Å²) in [5.41, 5.74) is 0.851. The summed E-state index contributed by atoms with van der Waals surface area (Å²) in [4.78, 5) is 12.9. The highest BCUT2D eigenvalue weighted by atomic mass is 16.6. The van der Waals surface area contributed by atoms with Crippen LogP contribution in [0, 0.1) is 0 Å². The third-order valence-corrected chi connectivity index (χ3v) is 6.99. The van der Waals surface area contributed by atoms with Gasteiger partial charge in [-0.15, -0.1) is 0 Å². The molecule has 1 aromatic carbocycles. The van der Waals surface area contributed by atoms with Crippen LogP contribution in [0.15, 0.2) is 11.6 Å². The van der Waals surface area contributed by atoms with E-state index in [0.29, 0.717) is 23.3 Å². The molecule has 0 aromatic heterocycles. The van der Waals surface area contributed by atoms with Crippen molar-refractivity contribution in [1.29, 1.82) is 0 Å². The number of hydrogen-bond donors (Lipinski definition) is 2. The van der Waals surface area contributed by atoms with Gasteiger partial charge in [0.25, 0.3) is 0 Å². The van der Waals surface area contributed by atoms with Gasteiger partial charge in [-0.1, -0.05) is 6.92 Å². The van der Waals surface area contributed by atoms with Gasteiger partial charge in [-0.2, -0.15) is 0 Å². The molecule has 2 heterocycles. The zero-order valence-electron chi connectivity index (χ0n) is 14.9. The first-order valence-electron chi connectivity index (χ1n) is 8.87. The molecule has 132 valence electrons. The summed E-state index contributed by atoms with van der Waals surface area (Å²) < 4.78 is 11.8. The molecule has 5 rings (SSSR count). The van der Waals surface area contributed by atoms with Crippen molar-refractivity contribution >= 4 is 5.78 Å². The highest BCUT2D eigenvalue weighted by Gasteiger charge is 2.72. The van der Waals surface area contributed by atoms with E-state index in [0.717, 1.165) is 18.4 Å². The van der Waals surface area contributed by atoms with Crippen LogP contribution in [-0.2, 0) is 16.6 Å². The van der Waals surface area contributed by atoms with Crippen LogP contribution in [0.3, 0.4) is 0 Å². The minimum absolute atomic E-state index is 0.00135. The number of epoxide rings is 1. The van der Waals surface area contributed by atoms with Crippen molar-refractivity contribution in [2.75, 3.05) is 0 Å². The predicted octanol–water partition coefficient (Wildman–Crippen LogP) is 3.14. The number of ether oxygens (including phenoxy) is 2. The van der Waals surface area contributed by atoms with Gasteiger partial charge >= 0.3 is 0 Å². The minimum Gasteiger partial charge on any atom is -0.507 e. The lowest BCUT2D eigenvalue weighted by Crippen LogP contribution is -2.44. The van der Waals surface area contributed by atoms with Crippen LogP contribution in [0.5, 0.6) is 17.2 Å². The van der Waals surface area contributed by atoms with Gasteiger partial charge in [-0.05, 0) is 45.3 Å². The standard InChI is InChI=1S/C20H22O5/c1-9-7-10-15(22)13-11(21)8-12-18(2,14(13)16(23)17(10)24-9)5-6-19(3)20(12,4)25-19/h8-9,22-23H,5-7H2,1-4H3/t9-,18-,19-,20+/m0/s1. The summed E-state index contributed by atoms with van der Waals surface area (Å²) in [5, 5.41) is 21.8. The van der Waals surface area contributed by atoms with Crippen molar-refractivity contribution in [2.45, 2.75) is 69.7 Å². The Kier molecular flexibility index (Phi) is 2.46. The fourth-order valence-corrected chi connectivity index (χ4v) is 5.34. The summed E-state index contributed by atoms with van der Waals surface area (Å²) in [7, 11) is 0. The molecule has 2 N–H and O–H groups in total. The molecule has 2 aliphatic heterocycles. The van der Waals surface area contributed by atoms with Crippen molar-refractivity contribution in [3.63, 3.8) is 0 Å². The van der Waals surface area contributed by atoms with Crippen LogP contribution in [0.25, 0.3) is 0 Å². The van der Waals surface area contributed by atoms with Crippen molar-refractivity contribution < 1.29 is 24.5 Å². The molecule has 5 heteroatoms. The molecular formula is C20H22O5. The lowest BCUT2D eigenvalue weighted by Gasteiger charge is -2.43.